The zero-order valence-electron chi connectivity index (χ0n) is 60.1. The molecule has 4 amide bonds. The molecule has 3 aromatic heterocycles. The molecule has 6 fully saturated rings. The SMILES string of the molecule is CC(C)(C)OC(=O)N1CCC(F)(CC(=O)O)CC1.C[C@@H]1CN(c2ccc(C#N)c3ncccc23)C[C@@H]1N.C[C@@H]1CN(c2ccc(C#N)c3nccnc23)C[C@@H]1NC(=O)CC1(F)CCN(C(=O)OC(C)(C)C)CC1.C[C@@H]1CN(c2ccc(C#N)c3nccnc23)C[C@@H]1NC(=O)CC1(F)CCNCC1.Cl. The number of carboxylic acid groups (broad SMARTS) is 1. The van der Waals surface area contributed by atoms with Gasteiger partial charge in [-0.3, -0.25) is 39.3 Å². The van der Waals surface area contributed by atoms with E-state index < -0.39 is 52.8 Å². The monoisotopic (exact) mass is 1440 g/mol. The number of aliphatic carboxylic acids is 1. The molecule has 25 nitrogen and oxygen atoms in total. The van der Waals surface area contributed by atoms with Gasteiger partial charge in [-0.05, 0) is 159 Å². The number of fused-ring (bicyclic) bond motifs is 3. The van der Waals surface area contributed by atoms with Gasteiger partial charge in [-0.2, -0.15) is 15.8 Å². The average Bonchev–Trinajstić information content (AvgIpc) is 1.76. The lowest BCUT2D eigenvalue weighted by molar-refractivity contribution is -0.141. The number of alkyl halides is 3. The maximum Gasteiger partial charge on any atom is 0.410 e. The molecule has 6 N–H and O–H groups in total. The first-order valence-electron chi connectivity index (χ1n) is 34.9. The van der Waals surface area contributed by atoms with Crippen molar-refractivity contribution in [2.45, 2.75) is 166 Å². The molecule has 3 aromatic carbocycles. The third-order valence-corrected chi connectivity index (χ3v) is 19.5. The first-order chi connectivity index (χ1) is 48.3. The number of amides is 4. The lowest BCUT2D eigenvalue weighted by Gasteiger charge is -2.37. The van der Waals surface area contributed by atoms with E-state index in [2.05, 4.69) is 87.6 Å². The highest BCUT2D eigenvalue weighted by Crippen LogP contribution is 2.37. The molecule has 6 aromatic rings. The number of likely N-dealkylation sites (tertiary alicyclic amines) is 2. The number of rotatable bonds is 11. The zero-order chi connectivity index (χ0) is 73.9. The van der Waals surface area contributed by atoms with Crippen molar-refractivity contribution < 1.29 is 51.7 Å². The number of pyridine rings is 1. The second-order valence-corrected chi connectivity index (χ2v) is 29.9. The fourth-order valence-corrected chi connectivity index (χ4v) is 13.8. The predicted molar refractivity (Wildman–Crippen MR) is 387 cm³/mol. The summed E-state index contributed by atoms with van der Waals surface area (Å²) in [4.78, 5) is 91.2. The molecule has 552 valence electrons. The maximum absolute atomic E-state index is 15.5. The van der Waals surface area contributed by atoms with E-state index in [0.29, 0.717) is 90.2 Å². The van der Waals surface area contributed by atoms with E-state index in [1.165, 1.54) is 9.80 Å². The Kier molecular flexibility index (Phi) is 26.0. The van der Waals surface area contributed by atoms with Crippen molar-refractivity contribution in [2.75, 3.05) is 93.2 Å². The van der Waals surface area contributed by atoms with Gasteiger partial charge >= 0.3 is 18.2 Å². The molecule has 0 spiro atoms. The summed E-state index contributed by atoms with van der Waals surface area (Å²) in [6.07, 6.45) is 7.38. The summed E-state index contributed by atoms with van der Waals surface area (Å²) in [6, 6.07) is 21.5. The van der Waals surface area contributed by atoms with Crippen LogP contribution in [0.25, 0.3) is 33.0 Å². The van der Waals surface area contributed by atoms with E-state index in [9.17, 15) is 43.3 Å². The maximum atomic E-state index is 15.5. The summed E-state index contributed by atoms with van der Waals surface area (Å²) in [6.45, 7) is 23.4. The van der Waals surface area contributed by atoms with Gasteiger partial charge in [-0.1, -0.05) is 20.8 Å². The molecule has 6 saturated heterocycles. The number of hydrogen-bond acceptors (Lipinski definition) is 20. The fourth-order valence-electron chi connectivity index (χ4n) is 13.8. The fraction of sp³-hybridized carbons (Fsp3) is 0.554. The topological polar surface area (TPSA) is 338 Å². The molecule has 6 atom stereocenters. The van der Waals surface area contributed by atoms with Crippen LogP contribution in [0.15, 0.2) is 79.5 Å². The molecular formula is C74H95ClF3N17O8. The summed E-state index contributed by atoms with van der Waals surface area (Å²) in [5.41, 5.74) is 7.84. The lowest BCUT2D eigenvalue weighted by Crippen LogP contribution is -2.49. The first kappa shape index (κ1) is 79.3. The quantitative estimate of drug-likeness (QED) is 0.0805. The standard InChI is InChI=1S/C26H33FN6O3.C21H25FN6O.C15H16N4.C12H20FNO4.ClH/c1-17-15-33(20-6-5-18(14-28)22-23(20)30-10-9-29-22)16-19(17)31-21(34)13-26(27)7-11-32(12-8-26)24(35)36-25(2,3)4;1-14-12-28(17-3-2-15(11-23)19-20(17)26-9-8-25-19)13-16(14)27-18(29)10-21(22)4-6-24-7-5-21;1-10-8-19(9-13(10)17)14-5-4-11(7-16)15-12(14)3-2-6-18-15;1-11(2,3)18-10(17)14-6-4-12(13,5-7-14)8-9(15)16;/h5-6,9-10,17,19H,7-8,11-13,15-16H2,1-4H3,(H,31,34);2-3,8-9,14,16,24H,4-7,10,12-13H2,1H3,(H,27,29);2-6,10,13H,8-9,17H2,1H3;4-8H2,1-3H3,(H,15,16);1H/t17-,19+;14-,16+;10-,13+;;/m111../s1. The van der Waals surface area contributed by atoms with Crippen LogP contribution >= 0.6 is 12.4 Å². The van der Waals surface area contributed by atoms with E-state index in [1.54, 1.807) is 84.7 Å². The Labute approximate surface area is 605 Å². The highest BCUT2D eigenvalue weighted by atomic mass is 35.5. The summed E-state index contributed by atoms with van der Waals surface area (Å²) in [5.74, 6) is -0.861. The normalized spacial score (nSPS) is 21.9. The van der Waals surface area contributed by atoms with Crippen LogP contribution < -0.4 is 36.4 Å². The van der Waals surface area contributed by atoms with Crippen LogP contribution in [0.4, 0.5) is 39.8 Å². The van der Waals surface area contributed by atoms with E-state index in [1.807, 2.05) is 43.3 Å². The van der Waals surface area contributed by atoms with Crippen LogP contribution in [0, 0.1) is 51.7 Å². The Morgan fingerprint density at radius 2 is 0.903 bits per heavy atom. The van der Waals surface area contributed by atoms with Gasteiger partial charge in [-0.25, -0.2) is 22.8 Å². The van der Waals surface area contributed by atoms with Gasteiger partial charge in [0.05, 0.1) is 64.9 Å². The third-order valence-electron chi connectivity index (χ3n) is 19.5. The highest BCUT2D eigenvalue weighted by molar-refractivity contribution is 5.96. The Morgan fingerprint density at radius 1 is 0.534 bits per heavy atom. The van der Waals surface area contributed by atoms with Crippen molar-refractivity contribution in [2.24, 2.45) is 23.5 Å². The van der Waals surface area contributed by atoms with Crippen molar-refractivity contribution in [3.63, 3.8) is 0 Å². The van der Waals surface area contributed by atoms with Crippen LogP contribution in [0.1, 0.15) is 137 Å². The Bertz CT molecular complexity index is 4130. The summed E-state index contributed by atoms with van der Waals surface area (Å²) in [5, 5.41) is 46.7. The van der Waals surface area contributed by atoms with E-state index >= 15 is 4.39 Å². The zero-order valence-corrected chi connectivity index (χ0v) is 60.9. The number of carbonyl (C=O) groups excluding carboxylic acids is 4. The van der Waals surface area contributed by atoms with E-state index in [-0.39, 0.29) is 119 Å². The third kappa shape index (κ3) is 20.7. The minimum absolute atomic E-state index is 0. The van der Waals surface area contributed by atoms with Crippen molar-refractivity contribution in [3.05, 3.63) is 96.2 Å². The van der Waals surface area contributed by atoms with Gasteiger partial charge in [0.15, 0.2) is 0 Å². The number of nitrogens with two attached hydrogens (primary N) is 1. The number of nitrogens with one attached hydrogen (secondary N) is 3. The Hall–Kier alpha value is -9.43. The van der Waals surface area contributed by atoms with Crippen LogP contribution in [0.5, 0.6) is 0 Å². The van der Waals surface area contributed by atoms with Crippen LogP contribution in [-0.4, -0.2) is 195 Å². The highest BCUT2D eigenvalue weighted by Gasteiger charge is 2.43. The number of carboxylic acids is 1. The minimum atomic E-state index is -1.70. The molecule has 6 aliphatic heterocycles. The van der Waals surface area contributed by atoms with Crippen LogP contribution in [0.2, 0.25) is 0 Å². The molecule has 103 heavy (non-hydrogen) atoms. The molecule has 0 radical (unpaired) electrons. The molecule has 0 bridgehead atoms. The second-order valence-electron chi connectivity index (χ2n) is 29.9. The van der Waals surface area contributed by atoms with Gasteiger partial charge in [0.2, 0.25) is 11.8 Å². The number of halogens is 4. The number of benzene rings is 3. The van der Waals surface area contributed by atoms with Gasteiger partial charge < -0.3 is 60.8 Å². The summed E-state index contributed by atoms with van der Waals surface area (Å²) >= 11 is 0. The predicted octanol–water partition coefficient (Wildman–Crippen LogP) is 10.0. The van der Waals surface area contributed by atoms with Crippen molar-refractivity contribution in [1.82, 2.24) is 50.7 Å². The number of aromatic nitrogens is 5. The Morgan fingerprint density at radius 3 is 1.30 bits per heavy atom. The number of anilines is 3. The molecule has 0 aliphatic carbocycles. The smallest absolute Gasteiger partial charge is 0.410 e. The van der Waals surface area contributed by atoms with Crippen molar-refractivity contribution >= 4 is 92.4 Å². The summed E-state index contributed by atoms with van der Waals surface area (Å²) < 4.78 is 54.9. The number of hydrogen-bond donors (Lipinski definition) is 5. The molecule has 29 heteroatoms. The van der Waals surface area contributed by atoms with Crippen molar-refractivity contribution in [1.29, 1.82) is 15.8 Å². The van der Waals surface area contributed by atoms with Crippen LogP contribution in [-0.2, 0) is 23.9 Å². The molecule has 6 aliphatic rings. The minimum Gasteiger partial charge on any atom is -0.481 e. The molecule has 0 saturated carbocycles. The number of ether oxygens (including phenoxy) is 2. The largest absolute Gasteiger partial charge is 0.481 e. The average molecular weight is 1440 g/mol. The number of nitriles is 3. The van der Waals surface area contributed by atoms with Crippen LogP contribution in [0.3, 0.4) is 0 Å². The molecule has 9 heterocycles. The van der Waals surface area contributed by atoms with Gasteiger partial charge in [0.1, 0.15) is 68.5 Å². The van der Waals surface area contributed by atoms with Gasteiger partial charge in [0.25, 0.3) is 0 Å². The lowest BCUT2D eigenvalue weighted by atomic mass is 9.89. The van der Waals surface area contributed by atoms with Gasteiger partial charge in [0, 0.05) is 114 Å². The van der Waals surface area contributed by atoms with E-state index in [0.717, 1.165) is 47.6 Å². The van der Waals surface area contributed by atoms with Crippen molar-refractivity contribution in [3.8, 4) is 18.2 Å². The van der Waals surface area contributed by atoms with E-state index in [4.69, 9.17) is 25.6 Å². The molecule has 12 rings (SSSR count). The number of nitrogens with zero attached hydrogens (tertiary/aromatic N) is 13. The second kappa shape index (κ2) is 33.8. The first-order valence-corrected chi connectivity index (χ1v) is 34.9. The summed E-state index contributed by atoms with van der Waals surface area (Å²) in [7, 11) is 0. The molecular weight excluding hydrogens is 1350 g/mol. The number of piperidine rings is 3. The number of carbonyl (C=O) groups is 5. The Balaban J connectivity index is 0.000000180. The van der Waals surface area contributed by atoms with Gasteiger partial charge in [-0.15, -0.1) is 12.4 Å². The molecule has 0 unspecified atom stereocenters.